The van der Waals surface area contributed by atoms with Gasteiger partial charge in [0.05, 0.1) is 7.11 Å². The fourth-order valence-electron chi connectivity index (χ4n) is 1.32. The Kier molecular flexibility index (Phi) is 5.17. The zero-order valence-electron chi connectivity index (χ0n) is 10.7. The minimum Gasteiger partial charge on any atom is -0.481 e. The van der Waals surface area contributed by atoms with E-state index in [0.29, 0.717) is 5.75 Å². The number of rotatable bonds is 5. The minimum absolute atomic E-state index is 0.156. The number of methoxy groups -OCH3 is 1. The van der Waals surface area contributed by atoms with Crippen molar-refractivity contribution >= 4 is 11.9 Å². The van der Waals surface area contributed by atoms with Gasteiger partial charge in [-0.1, -0.05) is 12.1 Å². The van der Waals surface area contributed by atoms with Crippen LogP contribution in [0.25, 0.3) is 0 Å². The molecule has 1 amide bonds. The average Bonchev–Trinajstić information content (AvgIpc) is 2.35. The molecule has 1 atom stereocenters. The van der Waals surface area contributed by atoms with Gasteiger partial charge in [-0.25, -0.2) is 0 Å². The molecule has 0 heterocycles. The summed E-state index contributed by atoms with van der Waals surface area (Å²) in [5.41, 5.74) is 1.05. The van der Waals surface area contributed by atoms with Crippen LogP contribution in [0.5, 0.6) is 5.75 Å². The third kappa shape index (κ3) is 4.45. The number of amides is 1. The van der Waals surface area contributed by atoms with Crippen LogP contribution in [0, 0.1) is 6.92 Å². The zero-order chi connectivity index (χ0) is 13.5. The lowest BCUT2D eigenvalue weighted by atomic mass is 10.2. The Morgan fingerprint density at radius 2 is 2.11 bits per heavy atom. The molecule has 0 fully saturated rings. The molecular formula is C13H17NO4. The fraction of sp³-hybridized carbons (Fsp3) is 0.385. The van der Waals surface area contributed by atoms with Gasteiger partial charge in [-0.3, -0.25) is 9.59 Å². The molecule has 0 saturated heterocycles. The maximum atomic E-state index is 11.6. The molecule has 5 heteroatoms. The SMILES string of the molecule is COC(=O)CNC(=O)C(C)Oc1cccc(C)c1. The summed E-state index contributed by atoms with van der Waals surface area (Å²) >= 11 is 0. The van der Waals surface area contributed by atoms with E-state index in [2.05, 4.69) is 10.1 Å². The van der Waals surface area contributed by atoms with Crippen LogP contribution in [0.3, 0.4) is 0 Å². The van der Waals surface area contributed by atoms with Crippen molar-refractivity contribution < 1.29 is 19.1 Å². The third-order valence-electron chi connectivity index (χ3n) is 2.31. The summed E-state index contributed by atoms with van der Waals surface area (Å²) in [7, 11) is 1.27. The molecule has 1 aromatic carbocycles. The van der Waals surface area contributed by atoms with Crippen molar-refractivity contribution in [1.82, 2.24) is 5.32 Å². The molecule has 0 aliphatic rings. The van der Waals surface area contributed by atoms with Gasteiger partial charge in [-0.15, -0.1) is 0 Å². The molecule has 0 radical (unpaired) electrons. The van der Waals surface area contributed by atoms with Gasteiger partial charge in [0, 0.05) is 0 Å². The van der Waals surface area contributed by atoms with Crippen molar-refractivity contribution in [2.75, 3.05) is 13.7 Å². The van der Waals surface area contributed by atoms with E-state index >= 15 is 0 Å². The summed E-state index contributed by atoms with van der Waals surface area (Å²) in [6, 6.07) is 7.40. The van der Waals surface area contributed by atoms with Crippen LogP contribution in [-0.2, 0) is 14.3 Å². The van der Waals surface area contributed by atoms with Gasteiger partial charge in [0.15, 0.2) is 6.10 Å². The quantitative estimate of drug-likeness (QED) is 0.794. The molecule has 1 unspecified atom stereocenters. The first kappa shape index (κ1) is 14.0. The predicted molar refractivity (Wildman–Crippen MR) is 66.3 cm³/mol. The zero-order valence-corrected chi connectivity index (χ0v) is 10.7. The lowest BCUT2D eigenvalue weighted by Crippen LogP contribution is -2.39. The summed E-state index contributed by atoms with van der Waals surface area (Å²) in [6.45, 7) is 3.40. The average molecular weight is 251 g/mol. The van der Waals surface area contributed by atoms with Crippen LogP contribution >= 0.6 is 0 Å². The van der Waals surface area contributed by atoms with Crippen molar-refractivity contribution in [3.05, 3.63) is 29.8 Å². The highest BCUT2D eigenvalue weighted by molar-refractivity contribution is 5.84. The number of carbonyl (C=O) groups is 2. The van der Waals surface area contributed by atoms with E-state index in [4.69, 9.17) is 4.74 Å². The Bertz CT molecular complexity index is 431. The van der Waals surface area contributed by atoms with Gasteiger partial charge in [-0.05, 0) is 31.5 Å². The second kappa shape index (κ2) is 6.64. The highest BCUT2D eigenvalue weighted by atomic mass is 16.5. The predicted octanol–water partition coefficient (Wildman–Crippen LogP) is 1.05. The second-order valence-electron chi connectivity index (χ2n) is 3.87. The standard InChI is InChI=1S/C13H17NO4/c1-9-5-4-6-11(7-9)18-10(2)13(16)14-8-12(15)17-3/h4-7,10H,8H2,1-3H3,(H,14,16). The number of ether oxygens (including phenoxy) is 2. The first-order chi connectivity index (χ1) is 8.52. The second-order valence-corrected chi connectivity index (χ2v) is 3.87. The molecular weight excluding hydrogens is 234 g/mol. The summed E-state index contributed by atoms with van der Waals surface area (Å²) in [5.74, 6) is -0.233. The smallest absolute Gasteiger partial charge is 0.325 e. The van der Waals surface area contributed by atoms with Gasteiger partial charge in [0.1, 0.15) is 12.3 Å². The number of nitrogens with one attached hydrogen (secondary N) is 1. The molecule has 0 aromatic heterocycles. The van der Waals surface area contributed by atoms with Gasteiger partial charge in [-0.2, -0.15) is 0 Å². The van der Waals surface area contributed by atoms with Gasteiger partial charge in [0.25, 0.3) is 5.91 Å². The molecule has 1 rings (SSSR count). The summed E-state index contributed by atoms with van der Waals surface area (Å²) in [4.78, 5) is 22.5. The lowest BCUT2D eigenvalue weighted by molar-refractivity contribution is -0.141. The van der Waals surface area contributed by atoms with E-state index in [9.17, 15) is 9.59 Å². The van der Waals surface area contributed by atoms with Crippen LogP contribution < -0.4 is 10.1 Å². The maximum Gasteiger partial charge on any atom is 0.325 e. The molecule has 0 bridgehead atoms. The number of carbonyl (C=O) groups excluding carboxylic acids is 2. The molecule has 0 aliphatic carbocycles. The number of benzene rings is 1. The van der Waals surface area contributed by atoms with Crippen molar-refractivity contribution in [3.63, 3.8) is 0 Å². The Balaban J connectivity index is 2.47. The van der Waals surface area contributed by atoms with Gasteiger partial charge >= 0.3 is 5.97 Å². The largest absolute Gasteiger partial charge is 0.481 e. The van der Waals surface area contributed by atoms with Crippen molar-refractivity contribution in [3.8, 4) is 5.75 Å². The Hall–Kier alpha value is -2.04. The van der Waals surface area contributed by atoms with Crippen LogP contribution in [0.4, 0.5) is 0 Å². The Morgan fingerprint density at radius 1 is 1.39 bits per heavy atom. The highest BCUT2D eigenvalue weighted by Crippen LogP contribution is 2.14. The monoisotopic (exact) mass is 251 g/mol. The molecule has 0 spiro atoms. The number of esters is 1. The highest BCUT2D eigenvalue weighted by Gasteiger charge is 2.15. The Morgan fingerprint density at radius 3 is 2.72 bits per heavy atom. The van der Waals surface area contributed by atoms with E-state index in [1.165, 1.54) is 7.11 Å². The summed E-state index contributed by atoms with van der Waals surface area (Å²) < 4.78 is 9.88. The van der Waals surface area contributed by atoms with Crippen LogP contribution in [0.15, 0.2) is 24.3 Å². The normalized spacial score (nSPS) is 11.5. The molecule has 1 N–H and O–H groups in total. The summed E-state index contributed by atoms with van der Waals surface area (Å²) in [5, 5.41) is 2.43. The first-order valence-electron chi connectivity index (χ1n) is 5.60. The number of hydrogen-bond donors (Lipinski definition) is 1. The van der Waals surface area contributed by atoms with E-state index in [-0.39, 0.29) is 12.5 Å². The van der Waals surface area contributed by atoms with Gasteiger partial charge in [0.2, 0.25) is 0 Å². The molecule has 5 nitrogen and oxygen atoms in total. The van der Waals surface area contributed by atoms with Crippen molar-refractivity contribution in [2.45, 2.75) is 20.0 Å². The van der Waals surface area contributed by atoms with Crippen LogP contribution in [-0.4, -0.2) is 31.6 Å². The van der Waals surface area contributed by atoms with E-state index in [1.807, 2.05) is 25.1 Å². The number of hydrogen-bond acceptors (Lipinski definition) is 4. The van der Waals surface area contributed by atoms with E-state index < -0.39 is 12.1 Å². The molecule has 98 valence electrons. The molecule has 18 heavy (non-hydrogen) atoms. The third-order valence-corrected chi connectivity index (χ3v) is 2.31. The molecule has 0 aliphatic heterocycles. The fourth-order valence-corrected chi connectivity index (χ4v) is 1.32. The Labute approximate surface area is 106 Å². The van der Waals surface area contributed by atoms with Crippen LogP contribution in [0.2, 0.25) is 0 Å². The van der Waals surface area contributed by atoms with E-state index in [1.54, 1.807) is 13.0 Å². The summed E-state index contributed by atoms with van der Waals surface area (Å²) in [6.07, 6.45) is -0.670. The van der Waals surface area contributed by atoms with Crippen LogP contribution in [0.1, 0.15) is 12.5 Å². The number of aryl methyl sites for hydroxylation is 1. The minimum atomic E-state index is -0.670. The van der Waals surface area contributed by atoms with Crippen molar-refractivity contribution in [1.29, 1.82) is 0 Å². The first-order valence-corrected chi connectivity index (χ1v) is 5.60. The van der Waals surface area contributed by atoms with Gasteiger partial charge < -0.3 is 14.8 Å². The topological polar surface area (TPSA) is 64.6 Å². The lowest BCUT2D eigenvalue weighted by Gasteiger charge is -2.14. The molecule has 0 saturated carbocycles. The maximum absolute atomic E-state index is 11.6. The van der Waals surface area contributed by atoms with E-state index in [0.717, 1.165) is 5.56 Å². The van der Waals surface area contributed by atoms with Crippen molar-refractivity contribution in [2.24, 2.45) is 0 Å². The molecule has 1 aromatic rings.